The summed E-state index contributed by atoms with van der Waals surface area (Å²) < 4.78 is 0. The van der Waals surface area contributed by atoms with Crippen molar-refractivity contribution in [1.82, 2.24) is 25.5 Å². The number of aromatic nitrogens is 4. The molecule has 0 aromatic carbocycles. The predicted octanol–water partition coefficient (Wildman–Crippen LogP) is 0.495. The van der Waals surface area contributed by atoms with Crippen molar-refractivity contribution in [2.75, 3.05) is 6.54 Å². The topological polar surface area (TPSA) is 86.5 Å². The minimum absolute atomic E-state index is 0.104. The Morgan fingerprint density at radius 2 is 2.44 bits per heavy atom. The SMILES string of the molecule is O=C(NCCCc1ncc[nH]1)c1cn[nH]c1. The molecule has 6 heteroatoms. The van der Waals surface area contributed by atoms with Crippen LogP contribution in [0.25, 0.3) is 0 Å². The molecule has 0 unspecified atom stereocenters. The molecule has 0 bridgehead atoms. The summed E-state index contributed by atoms with van der Waals surface area (Å²) in [4.78, 5) is 18.6. The maximum Gasteiger partial charge on any atom is 0.254 e. The molecule has 2 aromatic rings. The first-order valence-corrected chi connectivity index (χ1v) is 5.11. The van der Waals surface area contributed by atoms with Gasteiger partial charge in [-0.05, 0) is 6.42 Å². The van der Waals surface area contributed by atoms with Crippen LogP contribution in [0.15, 0.2) is 24.8 Å². The van der Waals surface area contributed by atoms with E-state index in [1.54, 1.807) is 18.6 Å². The molecule has 0 atom stereocenters. The van der Waals surface area contributed by atoms with Gasteiger partial charge in [0.15, 0.2) is 0 Å². The van der Waals surface area contributed by atoms with Gasteiger partial charge < -0.3 is 10.3 Å². The molecule has 0 saturated carbocycles. The molecule has 0 saturated heterocycles. The Labute approximate surface area is 92.5 Å². The maximum atomic E-state index is 11.5. The number of carbonyl (C=O) groups is 1. The number of H-pyrrole nitrogens is 2. The zero-order valence-corrected chi connectivity index (χ0v) is 8.73. The van der Waals surface area contributed by atoms with E-state index in [4.69, 9.17) is 0 Å². The van der Waals surface area contributed by atoms with Crippen molar-refractivity contribution in [3.8, 4) is 0 Å². The standard InChI is InChI=1S/C10H13N5O/c16-10(8-6-14-15-7-8)13-3-1-2-9-11-4-5-12-9/h4-7H,1-3H2,(H,11,12)(H,13,16)(H,14,15). The van der Waals surface area contributed by atoms with E-state index in [0.717, 1.165) is 18.7 Å². The highest BCUT2D eigenvalue weighted by Gasteiger charge is 2.04. The van der Waals surface area contributed by atoms with Crippen LogP contribution in [-0.2, 0) is 6.42 Å². The predicted molar refractivity (Wildman–Crippen MR) is 57.8 cm³/mol. The zero-order valence-electron chi connectivity index (χ0n) is 8.73. The van der Waals surface area contributed by atoms with Gasteiger partial charge in [0.1, 0.15) is 5.82 Å². The van der Waals surface area contributed by atoms with Crippen LogP contribution in [-0.4, -0.2) is 32.6 Å². The van der Waals surface area contributed by atoms with E-state index in [1.165, 1.54) is 6.20 Å². The lowest BCUT2D eigenvalue weighted by molar-refractivity contribution is 0.0953. The van der Waals surface area contributed by atoms with Crippen LogP contribution in [0, 0.1) is 0 Å². The number of imidazole rings is 1. The number of hydrogen-bond donors (Lipinski definition) is 3. The molecule has 2 rings (SSSR count). The highest BCUT2D eigenvalue weighted by molar-refractivity contribution is 5.93. The number of nitrogens with one attached hydrogen (secondary N) is 3. The van der Waals surface area contributed by atoms with Gasteiger partial charge in [-0.1, -0.05) is 0 Å². The van der Waals surface area contributed by atoms with Gasteiger partial charge in [-0.2, -0.15) is 5.10 Å². The largest absolute Gasteiger partial charge is 0.352 e. The molecule has 0 fully saturated rings. The summed E-state index contributed by atoms with van der Waals surface area (Å²) in [6.45, 7) is 0.630. The Morgan fingerprint density at radius 1 is 1.50 bits per heavy atom. The number of amides is 1. The van der Waals surface area contributed by atoms with Gasteiger partial charge in [-0.3, -0.25) is 9.89 Å². The Hall–Kier alpha value is -2.11. The molecular formula is C10H13N5O. The number of aromatic amines is 2. The fourth-order valence-electron chi connectivity index (χ4n) is 1.37. The van der Waals surface area contributed by atoms with Crippen molar-refractivity contribution in [3.63, 3.8) is 0 Å². The lowest BCUT2D eigenvalue weighted by Gasteiger charge is -2.01. The highest BCUT2D eigenvalue weighted by atomic mass is 16.1. The van der Waals surface area contributed by atoms with Gasteiger partial charge in [0.05, 0.1) is 11.8 Å². The smallest absolute Gasteiger partial charge is 0.254 e. The van der Waals surface area contributed by atoms with Crippen LogP contribution < -0.4 is 5.32 Å². The van der Waals surface area contributed by atoms with Crippen molar-refractivity contribution >= 4 is 5.91 Å². The highest BCUT2D eigenvalue weighted by Crippen LogP contribution is 1.95. The molecule has 0 spiro atoms. The fourth-order valence-corrected chi connectivity index (χ4v) is 1.37. The van der Waals surface area contributed by atoms with Crippen molar-refractivity contribution in [2.24, 2.45) is 0 Å². The van der Waals surface area contributed by atoms with Crippen molar-refractivity contribution < 1.29 is 4.79 Å². The minimum Gasteiger partial charge on any atom is -0.352 e. The van der Waals surface area contributed by atoms with Crippen LogP contribution in [0.1, 0.15) is 22.6 Å². The molecule has 16 heavy (non-hydrogen) atoms. The van der Waals surface area contributed by atoms with Crippen molar-refractivity contribution in [2.45, 2.75) is 12.8 Å². The molecule has 3 N–H and O–H groups in total. The second-order valence-corrected chi connectivity index (χ2v) is 3.38. The van der Waals surface area contributed by atoms with Crippen molar-refractivity contribution in [3.05, 3.63) is 36.2 Å². The third kappa shape index (κ3) is 2.69. The normalized spacial score (nSPS) is 10.2. The van der Waals surface area contributed by atoms with E-state index < -0.39 is 0 Å². The molecule has 84 valence electrons. The number of rotatable bonds is 5. The molecule has 2 heterocycles. The van der Waals surface area contributed by atoms with Gasteiger partial charge in [-0.15, -0.1) is 0 Å². The molecular weight excluding hydrogens is 206 g/mol. The molecule has 6 nitrogen and oxygen atoms in total. The summed E-state index contributed by atoms with van der Waals surface area (Å²) >= 11 is 0. The lowest BCUT2D eigenvalue weighted by atomic mass is 10.3. The summed E-state index contributed by atoms with van der Waals surface area (Å²) in [5, 5.41) is 9.12. The van der Waals surface area contributed by atoms with Crippen molar-refractivity contribution in [1.29, 1.82) is 0 Å². The van der Waals surface area contributed by atoms with E-state index >= 15 is 0 Å². The molecule has 0 aliphatic carbocycles. The molecule has 1 amide bonds. The summed E-state index contributed by atoms with van der Waals surface area (Å²) in [7, 11) is 0. The van der Waals surface area contributed by atoms with Gasteiger partial charge in [0, 0.05) is 31.6 Å². The summed E-state index contributed by atoms with van der Waals surface area (Å²) in [5.74, 6) is 0.839. The number of nitrogens with zero attached hydrogens (tertiary/aromatic N) is 2. The first-order chi connectivity index (χ1) is 7.86. The maximum absolute atomic E-state index is 11.5. The van der Waals surface area contributed by atoms with Gasteiger partial charge in [-0.25, -0.2) is 4.98 Å². The molecule has 0 aliphatic rings. The van der Waals surface area contributed by atoms with Crippen LogP contribution in [0.3, 0.4) is 0 Å². The average Bonchev–Trinajstić information content (AvgIpc) is 2.96. The number of hydrogen-bond acceptors (Lipinski definition) is 3. The van der Waals surface area contributed by atoms with E-state index in [1.807, 2.05) is 0 Å². The van der Waals surface area contributed by atoms with Gasteiger partial charge >= 0.3 is 0 Å². The summed E-state index contributed by atoms with van der Waals surface area (Å²) in [6, 6.07) is 0. The molecule has 0 radical (unpaired) electrons. The van der Waals surface area contributed by atoms with Gasteiger partial charge in [0.2, 0.25) is 0 Å². The average molecular weight is 219 g/mol. The van der Waals surface area contributed by atoms with Gasteiger partial charge in [0.25, 0.3) is 5.91 Å². The fraction of sp³-hybridized carbons (Fsp3) is 0.300. The summed E-state index contributed by atoms with van der Waals surface area (Å²) in [6.07, 6.45) is 8.28. The van der Waals surface area contributed by atoms with E-state index in [0.29, 0.717) is 12.1 Å². The first-order valence-electron chi connectivity index (χ1n) is 5.11. The zero-order chi connectivity index (χ0) is 11.2. The van der Waals surface area contributed by atoms with E-state index in [2.05, 4.69) is 25.5 Å². The Balaban J connectivity index is 1.67. The Bertz CT molecular complexity index is 420. The van der Waals surface area contributed by atoms with E-state index in [9.17, 15) is 4.79 Å². The Kier molecular flexibility index (Phi) is 3.32. The van der Waals surface area contributed by atoms with E-state index in [-0.39, 0.29) is 5.91 Å². The van der Waals surface area contributed by atoms with Crippen LogP contribution in [0.4, 0.5) is 0 Å². The van der Waals surface area contributed by atoms with Crippen LogP contribution in [0.5, 0.6) is 0 Å². The Morgan fingerprint density at radius 3 is 3.12 bits per heavy atom. The molecule has 2 aromatic heterocycles. The summed E-state index contributed by atoms with van der Waals surface area (Å²) in [5.41, 5.74) is 0.554. The number of carbonyl (C=O) groups excluding carboxylic acids is 1. The third-order valence-corrected chi connectivity index (χ3v) is 2.19. The minimum atomic E-state index is -0.104. The first kappa shape index (κ1) is 10.4. The monoisotopic (exact) mass is 219 g/mol. The second kappa shape index (κ2) is 5.11. The van der Waals surface area contributed by atoms with Crippen LogP contribution in [0.2, 0.25) is 0 Å². The third-order valence-electron chi connectivity index (χ3n) is 2.19. The quantitative estimate of drug-likeness (QED) is 0.640. The number of aryl methyl sites for hydroxylation is 1. The van der Waals surface area contributed by atoms with Crippen LogP contribution >= 0.6 is 0 Å². The molecule has 0 aliphatic heterocycles. The lowest BCUT2D eigenvalue weighted by Crippen LogP contribution is -2.24. The second-order valence-electron chi connectivity index (χ2n) is 3.38.